The molecule has 0 bridgehead atoms. The molecule has 0 unspecified atom stereocenters. The smallest absolute Gasteiger partial charge is 0.112 e. The molecule has 3 heteroatoms. The molecule has 0 saturated heterocycles. The molecule has 10 heavy (non-hydrogen) atoms. The van der Waals surface area contributed by atoms with Crippen LogP contribution in [0.4, 0.5) is 0 Å². The molecule has 2 N–H and O–H groups in total. The van der Waals surface area contributed by atoms with E-state index in [1.54, 1.807) is 19.3 Å². The number of hydrogen-bond acceptors (Lipinski definition) is 2. The average Bonchev–Trinajstić information content (AvgIpc) is 2.34. The van der Waals surface area contributed by atoms with E-state index in [9.17, 15) is 0 Å². The normalized spacial score (nSPS) is 11.8. The van der Waals surface area contributed by atoms with Crippen LogP contribution in [0.15, 0.2) is 12.4 Å². The third-order valence-electron chi connectivity index (χ3n) is 0.924. The number of nitrogens with zero attached hydrogens (tertiary/aromatic N) is 1. The maximum Gasteiger partial charge on any atom is 0.112 e. The lowest BCUT2D eigenvalue weighted by molar-refractivity contribution is 0.253. The fraction of sp³-hybridized carbons (Fsp3) is 0.286. The van der Waals surface area contributed by atoms with E-state index < -0.39 is 6.10 Å². The van der Waals surface area contributed by atoms with Gasteiger partial charge >= 0.3 is 0 Å². The molecule has 1 heterocycles. The van der Waals surface area contributed by atoms with Crippen LogP contribution < -0.4 is 0 Å². The molecular weight excluding hydrogens is 128 g/mol. The molecule has 1 aromatic rings. The lowest BCUT2D eigenvalue weighted by Gasteiger charge is -1.84. The lowest BCUT2D eigenvalue weighted by atomic mass is 10.3. The summed E-state index contributed by atoms with van der Waals surface area (Å²) < 4.78 is 0. The van der Waals surface area contributed by atoms with Crippen molar-refractivity contribution < 1.29 is 5.11 Å². The van der Waals surface area contributed by atoms with Gasteiger partial charge in [-0.3, -0.25) is 5.10 Å². The molecule has 0 aliphatic rings. The fourth-order valence-electron chi connectivity index (χ4n) is 0.507. The summed E-state index contributed by atoms with van der Waals surface area (Å²) in [6.45, 7) is 1.62. The molecule has 1 rings (SSSR count). The van der Waals surface area contributed by atoms with Gasteiger partial charge in [-0.05, 0) is 6.92 Å². The molecule has 0 radical (unpaired) electrons. The summed E-state index contributed by atoms with van der Waals surface area (Å²) in [6.07, 6.45) is 2.71. The van der Waals surface area contributed by atoms with Crippen molar-refractivity contribution in [3.63, 3.8) is 0 Å². The van der Waals surface area contributed by atoms with Crippen LogP contribution >= 0.6 is 0 Å². The Morgan fingerprint density at radius 2 is 2.60 bits per heavy atom. The van der Waals surface area contributed by atoms with Crippen molar-refractivity contribution in [1.82, 2.24) is 10.2 Å². The van der Waals surface area contributed by atoms with E-state index in [2.05, 4.69) is 22.0 Å². The van der Waals surface area contributed by atoms with Crippen molar-refractivity contribution in [2.24, 2.45) is 0 Å². The summed E-state index contributed by atoms with van der Waals surface area (Å²) in [7, 11) is 0. The first kappa shape index (κ1) is 6.84. The number of aromatic nitrogens is 2. The van der Waals surface area contributed by atoms with Crippen molar-refractivity contribution in [2.45, 2.75) is 13.0 Å². The maximum atomic E-state index is 8.75. The van der Waals surface area contributed by atoms with Crippen LogP contribution in [-0.2, 0) is 0 Å². The van der Waals surface area contributed by atoms with Crippen LogP contribution in [-0.4, -0.2) is 21.4 Å². The summed E-state index contributed by atoms with van der Waals surface area (Å²) in [5, 5.41) is 15.1. The summed E-state index contributed by atoms with van der Waals surface area (Å²) in [4.78, 5) is 0. The minimum Gasteiger partial charge on any atom is -0.381 e. The second-order valence-corrected chi connectivity index (χ2v) is 1.93. The zero-order chi connectivity index (χ0) is 7.40. The first-order valence-corrected chi connectivity index (χ1v) is 2.97. The van der Waals surface area contributed by atoms with Crippen molar-refractivity contribution in [3.05, 3.63) is 18.0 Å². The summed E-state index contributed by atoms with van der Waals surface area (Å²) in [5.74, 6) is 5.32. The minimum absolute atomic E-state index is 0.574. The highest BCUT2D eigenvalue weighted by Crippen LogP contribution is 1.88. The Morgan fingerprint density at radius 3 is 3.10 bits per heavy atom. The first-order valence-electron chi connectivity index (χ1n) is 2.97. The highest BCUT2D eigenvalue weighted by atomic mass is 16.3. The van der Waals surface area contributed by atoms with Gasteiger partial charge in [0, 0.05) is 6.20 Å². The largest absolute Gasteiger partial charge is 0.381 e. The molecule has 0 spiro atoms. The number of aromatic amines is 1. The van der Waals surface area contributed by atoms with Gasteiger partial charge in [0.2, 0.25) is 0 Å². The average molecular weight is 136 g/mol. The predicted octanol–water partition coefficient (Wildman–Crippen LogP) is 0.142. The Morgan fingerprint density at radius 1 is 1.80 bits per heavy atom. The first-order chi connectivity index (χ1) is 4.79. The second kappa shape index (κ2) is 3.04. The van der Waals surface area contributed by atoms with E-state index in [1.807, 2.05) is 0 Å². The van der Waals surface area contributed by atoms with E-state index in [0.717, 1.165) is 5.56 Å². The van der Waals surface area contributed by atoms with Gasteiger partial charge in [0.1, 0.15) is 6.10 Å². The van der Waals surface area contributed by atoms with Gasteiger partial charge in [0.15, 0.2) is 0 Å². The predicted molar refractivity (Wildman–Crippen MR) is 37.1 cm³/mol. The Hall–Kier alpha value is -1.27. The highest BCUT2D eigenvalue weighted by molar-refractivity contribution is 5.29. The van der Waals surface area contributed by atoms with Crippen LogP contribution in [0, 0.1) is 11.8 Å². The molecule has 0 aromatic carbocycles. The maximum absolute atomic E-state index is 8.75. The standard InChI is InChI=1S/C7H8N2O/c1-6(10)2-3-7-4-8-9-5-7/h4-6,10H,1H3,(H,8,9)/t6-/m0/s1. The SMILES string of the molecule is C[C@H](O)C#Cc1cn[nH]c1. The van der Waals surface area contributed by atoms with Gasteiger partial charge in [-0.15, -0.1) is 0 Å². The van der Waals surface area contributed by atoms with E-state index in [-0.39, 0.29) is 0 Å². The van der Waals surface area contributed by atoms with Gasteiger partial charge in [-0.2, -0.15) is 5.10 Å². The molecule has 52 valence electrons. The number of nitrogens with one attached hydrogen (secondary N) is 1. The Balaban J connectivity index is 2.66. The van der Waals surface area contributed by atoms with E-state index in [0.29, 0.717) is 0 Å². The molecule has 0 aliphatic heterocycles. The number of rotatable bonds is 0. The van der Waals surface area contributed by atoms with Crippen LogP contribution in [0.25, 0.3) is 0 Å². The third kappa shape index (κ3) is 1.92. The molecular formula is C7H8N2O. The molecule has 0 aliphatic carbocycles. The van der Waals surface area contributed by atoms with E-state index in [4.69, 9.17) is 5.11 Å². The Kier molecular flexibility index (Phi) is 2.08. The molecule has 0 saturated carbocycles. The van der Waals surface area contributed by atoms with Crippen LogP contribution in [0.5, 0.6) is 0 Å². The van der Waals surface area contributed by atoms with Crippen LogP contribution in [0.1, 0.15) is 12.5 Å². The van der Waals surface area contributed by atoms with Gasteiger partial charge in [-0.25, -0.2) is 0 Å². The van der Waals surface area contributed by atoms with E-state index in [1.165, 1.54) is 0 Å². The van der Waals surface area contributed by atoms with Gasteiger partial charge in [-0.1, -0.05) is 11.8 Å². The van der Waals surface area contributed by atoms with E-state index >= 15 is 0 Å². The summed E-state index contributed by atoms with van der Waals surface area (Å²) in [5.41, 5.74) is 0.793. The topological polar surface area (TPSA) is 48.9 Å². The quantitative estimate of drug-likeness (QED) is 0.498. The van der Waals surface area contributed by atoms with Crippen molar-refractivity contribution in [3.8, 4) is 11.8 Å². The van der Waals surface area contributed by atoms with Gasteiger partial charge in [0.25, 0.3) is 0 Å². The lowest BCUT2D eigenvalue weighted by Crippen LogP contribution is -1.92. The summed E-state index contributed by atoms with van der Waals surface area (Å²) >= 11 is 0. The molecule has 1 atom stereocenters. The number of hydrogen-bond donors (Lipinski definition) is 2. The van der Waals surface area contributed by atoms with Gasteiger partial charge in [0.05, 0.1) is 11.8 Å². The van der Waals surface area contributed by atoms with Gasteiger partial charge < -0.3 is 5.11 Å². The van der Waals surface area contributed by atoms with Crippen molar-refractivity contribution >= 4 is 0 Å². The molecule has 0 amide bonds. The minimum atomic E-state index is -0.574. The van der Waals surface area contributed by atoms with Crippen LogP contribution in [0.2, 0.25) is 0 Å². The Bertz CT molecular complexity index is 240. The third-order valence-corrected chi connectivity index (χ3v) is 0.924. The Labute approximate surface area is 59.1 Å². The van der Waals surface area contributed by atoms with Crippen molar-refractivity contribution in [2.75, 3.05) is 0 Å². The number of aliphatic hydroxyl groups excluding tert-OH is 1. The van der Waals surface area contributed by atoms with Crippen molar-refractivity contribution in [1.29, 1.82) is 0 Å². The zero-order valence-electron chi connectivity index (χ0n) is 5.63. The monoisotopic (exact) mass is 136 g/mol. The highest BCUT2D eigenvalue weighted by Gasteiger charge is 1.86. The van der Waals surface area contributed by atoms with Crippen LogP contribution in [0.3, 0.4) is 0 Å². The summed E-state index contributed by atoms with van der Waals surface area (Å²) in [6, 6.07) is 0. The fourth-order valence-corrected chi connectivity index (χ4v) is 0.507. The molecule has 0 fully saturated rings. The number of aliphatic hydroxyl groups is 1. The second-order valence-electron chi connectivity index (χ2n) is 1.93. The number of H-pyrrole nitrogens is 1. The molecule has 1 aromatic heterocycles. The zero-order valence-corrected chi connectivity index (χ0v) is 5.63. The molecule has 3 nitrogen and oxygen atoms in total.